The van der Waals surface area contributed by atoms with Crippen LogP contribution < -0.4 is 14.8 Å². The Balaban J connectivity index is 1.45. The second-order valence-electron chi connectivity index (χ2n) is 7.35. The monoisotopic (exact) mass is 356 g/mol. The van der Waals surface area contributed by atoms with Crippen molar-refractivity contribution in [1.29, 1.82) is 0 Å². The molecule has 1 spiro atoms. The van der Waals surface area contributed by atoms with Crippen LogP contribution in [0.25, 0.3) is 0 Å². The molecule has 1 saturated heterocycles. The molecular formula is C20H24N2O4. The molecule has 1 aliphatic carbocycles. The second-order valence-corrected chi connectivity index (χ2v) is 7.35. The van der Waals surface area contributed by atoms with E-state index < -0.39 is 6.10 Å². The molecule has 1 aromatic carbocycles. The first kappa shape index (κ1) is 16.9. The number of benzene rings is 1. The Morgan fingerprint density at radius 3 is 2.77 bits per heavy atom. The summed E-state index contributed by atoms with van der Waals surface area (Å²) in [6, 6.07) is 7.53. The highest BCUT2D eigenvalue weighted by molar-refractivity contribution is 5.87. The minimum Gasteiger partial charge on any atom is -0.485 e. The van der Waals surface area contributed by atoms with Crippen LogP contribution in [-0.4, -0.2) is 47.6 Å². The molecule has 1 atom stereocenters. The van der Waals surface area contributed by atoms with Gasteiger partial charge in [0.05, 0.1) is 0 Å². The third-order valence-corrected chi connectivity index (χ3v) is 5.68. The number of hydrogen-bond acceptors (Lipinski definition) is 4. The molecule has 2 heterocycles. The summed E-state index contributed by atoms with van der Waals surface area (Å²) in [7, 11) is 0. The Bertz CT molecular complexity index is 726. The molecule has 3 aliphatic rings. The van der Waals surface area contributed by atoms with Crippen LogP contribution in [0.15, 0.2) is 36.9 Å². The van der Waals surface area contributed by atoms with E-state index >= 15 is 0 Å². The third-order valence-electron chi connectivity index (χ3n) is 5.68. The summed E-state index contributed by atoms with van der Waals surface area (Å²) in [6.45, 7) is 4.47. The van der Waals surface area contributed by atoms with Gasteiger partial charge in [0.2, 0.25) is 12.0 Å². The summed E-state index contributed by atoms with van der Waals surface area (Å²) < 4.78 is 11.6. The fourth-order valence-corrected chi connectivity index (χ4v) is 4.40. The van der Waals surface area contributed by atoms with Crippen LogP contribution in [0.2, 0.25) is 0 Å². The van der Waals surface area contributed by atoms with Gasteiger partial charge >= 0.3 is 0 Å². The van der Waals surface area contributed by atoms with Gasteiger partial charge in [-0.15, -0.1) is 0 Å². The maximum Gasteiger partial charge on any atom is 0.267 e. The average Bonchev–Trinajstić information content (AvgIpc) is 2.66. The first-order valence-corrected chi connectivity index (χ1v) is 9.24. The highest BCUT2D eigenvalue weighted by Gasteiger charge is 2.52. The largest absolute Gasteiger partial charge is 0.485 e. The van der Waals surface area contributed by atoms with E-state index in [1.807, 2.05) is 29.2 Å². The number of nitrogens with zero attached hydrogens (tertiary/aromatic N) is 1. The lowest BCUT2D eigenvalue weighted by atomic mass is 9.66. The topological polar surface area (TPSA) is 67.9 Å². The van der Waals surface area contributed by atoms with Gasteiger partial charge in [0.15, 0.2) is 11.5 Å². The van der Waals surface area contributed by atoms with Gasteiger partial charge in [-0.1, -0.05) is 18.7 Å². The van der Waals surface area contributed by atoms with Gasteiger partial charge in [0.1, 0.15) is 6.61 Å². The number of rotatable bonds is 3. The van der Waals surface area contributed by atoms with E-state index in [0.29, 0.717) is 11.5 Å². The predicted molar refractivity (Wildman–Crippen MR) is 96.0 cm³/mol. The highest BCUT2D eigenvalue weighted by atomic mass is 16.6. The van der Waals surface area contributed by atoms with Crippen molar-refractivity contribution in [3.8, 4) is 11.5 Å². The van der Waals surface area contributed by atoms with Gasteiger partial charge < -0.3 is 19.7 Å². The first-order valence-electron chi connectivity index (χ1n) is 9.24. The van der Waals surface area contributed by atoms with Crippen LogP contribution in [0.4, 0.5) is 0 Å². The van der Waals surface area contributed by atoms with Gasteiger partial charge in [-0.25, -0.2) is 0 Å². The summed E-state index contributed by atoms with van der Waals surface area (Å²) in [6.07, 6.45) is 5.35. The Morgan fingerprint density at radius 2 is 2.00 bits per heavy atom. The highest BCUT2D eigenvalue weighted by Crippen LogP contribution is 2.45. The molecule has 1 N–H and O–H groups in total. The molecule has 6 nitrogen and oxygen atoms in total. The maximum atomic E-state index is 13.2. The molecule has 1 unspecified atom stereocenters. The van der Waals surface area contributed by atoms with E-state index in [1.165, 1.54) is 6.08 Å². The standard InChI is InChI=1S/C20H24N2O4/c1-2-18(23)21-14-11-20(12-14)9-5-6-10-22(20)19(24)17-13-25-15-7-3-4-8-16(15)26-17/h2-4,7-8,14,17H,1,5-6,9-13H2,(H,21,23). The number of carbonyl (C=O) groups is 2. The number of para-hydroxylation sites is 2. The van der Waals surface area contributed by atoms with Crippen LogP contribution in [0.3, 0.4) is 0 Å². The van der Waals surface area contributed by atoms with E-state index in [-0.39, 0.29) is 30.0 Å². The fourth-order valence-electron chi connectivity index (χ4n) is 4.40. The van der Waals surface area contributed by atoms with Gasteiger partial charge in [0, 0.05) is 18.1 Å². The van der Waals surface area contributed by atoms with E-state index in [2.05, 4.69) is 11.9 Å². The van der Waals surface area contributed by atoms with Gasteiger partial charge in [-0.3, -0.25) is 9.59 Å². The van der Waals surface area contributed by atoms with Crippen LogP contribution >= 0.6 is 0 Å². The molecule has 0 radical (unpaired) electrons. The van der Waals surface area contributed by atoms with Crippen molar-refractivity contribution >= 4 is 11.8 Å². The Hall–Kier alpha value is -2.50. The summed E-state index contributed by atoms with van der Waals surface area (Å²) in [4.78, 5) is 26.7. The minimum absolute atomic E-state index is 0.00676. The Morgan fingerprint density at radius 1 is 1.23 bits per heavy atom. The number of amides is 2. The van der Waals surface area contributed by atoms with E-state index in [1.54, 1.807) is 0 Å². The summed E-state index contributed by atoms with van der Waals surface area (Å²) in [5, 5.41) is 2.94. The smallest absolute Gasteiger partial charge is 0.267 e. The molecule has 0 aromatic heterocycles. The molecule has 4 rings (SSSR count). The van der Waals surface area contributed by atoms with Crippen molar-refractivity contribution in [1.82, 2.24) is 10.2 Å². The SMILES string of the molecule is C=CC(=O)NC1CC2(CCCCN2C(=O)C2COc3ccccc3O2)C1. The molecule has 0 bridgehead atoms. The maximum absolute atomic E-state index is 13.2. The van der Waals surface area contributed by atoms with E-state index in [9.17, 15) is 9.59 Å². The normalized spacial score (nSPS) is 29.6. The zero-order chi connectivity index (χ0) is 18.1. The zero-order valence-corrected chi connectivity index (χ0v) is 14.8. The molecule has 1 saturated carbocycles. The van der Waals surface area contributed by atoms with Crippen molar-refractivity contribution in [3.05, 3.63) is 36.9 Å². The quantitative estimate of drug-likeness (QED) is 0.842. The molecule has 2 amide bonds. The molecule has 1 aromatic rings. The molecule has 138 valence electrons. The molecule has 26 heavy (non-hydrogen) atoms. The number of ether oxygens (including phenoxy) is 2. The fraction of sp³-hybridized carbons (Fsp3) is 0.500. The number of fused-ring (bicyclic) bond motifs is 1. The van der Waals surface area contributed by atoms with Crippen molar-refractivity contribution < 1.29 is 19.1 Å². The van der Waals surface area contributed by atoms with Crippen LogP contribution in [0, 0.1) is 0 Å². The number of likely N-dealkylation sites (tertiary alicyclic amines) is 1. The Labute approximate surface area is 153 Å². The number of carbonyl (C=O) groups excluding carboxylic acids is 2. The first-order chi connectivity index (χ1) is 12.6. The van der Waals surface area contributed by atoms with Crippen molar-refractivity contribution in [2.45, 2.75) is 49.8 Å². The molecular weight excluding hydrogens is 332 g/mol. The molecule has 2 fully saturated rings. The lowest BCUT2D eigenvalue weighted by molar-refractivity contribution is -0.157. The van der Waals surface area contributed by atoms with Crippen molar-refractivity contribution in [2.24, 2.45) is 0 Å². The van der Waals surface area contributed by atoms with E-state index in [4.69, 9.17) is 9.47 Å². The van der Waals surface area contributed by atoms with Crippen LogP contribution in [0.1, 0.15) is 32.1 Å². The molecule has 2 aliphatic heterocycles. The van der Waals surface area contributed by atoms with Crippen molar-refractivity contribution in [2.75, 3.05) is 13.2 Å². The summed E-state index contributed by atoms with van der Waals surface area (Å²) in [5.74, 6) is 1.14. The second kappa shape index (κ2) is 6.67. The number of nitrogens with one attached hydrogen (secondary N) is 1. The van der Waals surface area contributed by atoms with Crippen LogP contribution in [-0.2, 0) is 9.59 Å². The Kier molecular flexibility index (Phi) is 4.34. The average molecular weight is 356 g/mol. The van der Waals surface area contributed by atoms with Gasteiger partial charge in [0.25, 0.3) is 5.91 Å². The third kappa shape index (κ3) is 2.93. The van der Waals surface area contributed by atoms with Gasteiger partial charge in [-0.05, 0) is 50.3 Å². The zero-order valence-electron chi connectivity index (χ0n) is 14.8. The van der Waals surface area contributed by atoms with Crippen molar-refractivity contribution in [3.63, 3.8) is 0 Å². The minimum atomic E-state index is -0.610. The molecule has 6 heteroatoms. The van der Waals surface area contributed by atoms with Crippen LogP contribution in [0.5, 0.6) is 11.5 Å². The summed E-state index contributed by atoms with van der Waals surface area (Å²) in [5.41, 5.74) is -0.158. The lowest BCUT2D eigenvalue weighted by Crippen LogP contribution is -2.68. The van der Waals surface area contributed by atoms with Gasteiger partial charge in [-0.2, -0.15) is 0 Å². The predicted octanol–water partition coefficient (Wildman–Crippen LogP) is 2.04. The number of piperidine rings is 1. The number of hydrogen-bond donors (Lipinski definition) is 1. The summed E-state index contributed by atoms with van der Waals surface area (Å²) >= 11 is 0. The lowest BCUT2D eigenvalue weighted by Gasteiger charge is -2.57. The van der Waals surface area contributed by atoms with E-state index in [0.717, 1.165) is 38.6 Å².